The first-order valence-corrected chi connectivity index (χ1v) is 9.28. The van der Waals surface area contributed by atoms with E-state index < -0.39 is 0 Å². The topological polar surface area (TPSA) is 52.6 Å². The molecule has 0 saturated carbocycles. The fourth-order valence-corrected chi connectivity index (χ4v) is 4.13. The number of hydrogen-bond donors (Lipinski definition) is 2. The van der Waals surface area contributed by atoms with Crippen LogP contribution in [0, 0.1) is 13.8 Å². The van der Waals surface area contributed by atoms with Crippen LogP contribution in [-0.4, -0.2) is 43.5 Å². The van der Waals surface area contributed by atoms with Crippen molar-refractivity contribution in [2.45, 2.75) is 26.4 Å². The van der Waals surface area contributed by atoms with E-state index in [0.717, 1.165) is 29.8 Å². The standard InChI is InChI=1S/C16H25N5S2.HI/c1-11-15(23-12(2)20-11)10-19-16(17-3)18-9-13(21(4)5)14-7-6-8-22-14;/h6-8,13H,9-10H2,1-5H3,(H2,17,18,19);1H. The van der Waals surface area contributed by atoms with Crippen molar-refractivity contribution in [2.24, 2.45) is 4.99 Å². The minimum absolute atomic E-state index is 0. The van der Waals surface area contributed by atoms with Crippen LogP contribution in [0.2, 0.25) is 0 Å². The van der Waals surface area contributed by atoms with Crippen molar-refractivity contribution in [3.63, 3.8) is 0 Å². The van der Waals surface area contributed by atoms with Gasteiger partial charge in [0.2, 0.25) is 0 Å². The second-order valence-corrected chi connectivity index (χ2v) is 7.81. The molecule has 2 heterocycles. The van der Waals surface area contributed by atoms with Crippen LogP contribution in [0.1, 0.15) is 26.5 Å². The summed E-state index contributed by atoms with van der Waals surface area (Å²) < 4.78 is 0. The van der Waals surface area contributed by atoms with Gasteiger partial charge < -0.3 is 15.5 Å². The number of hydrogen-bond acceptors (Lipinski definition) is 5. The number of rotatable bonds is 6. The average molecular weight is 479 g/mol. The molecule has 0 aromatic carbocycles. The maximum Gasteiger partial charge on any atom is 0.191 e. The highest BCUT2D eigenvalue weighted by Gasteiger charge is 2.15. The van der Waals surface area contributed by atoms with Crippen molar-refractivity contribution in [3.05, 3.63) is 38.0 Å². The molecule has 24 heavy (non-hydrogen) atoms. The van der Waals surface area contributed by atoms with Gasteiger partial charge in [-0.2, -0.15) is 0 Å². The Kier molecular flexibility index (Phi) is 9.17. The normalized spacial score (nSPS) is 12.8. The van der Waals surface area contributed by atoms with E-state index in [-0.39, 0.29) is 24.0 Å². The summed E-state index contributed by atoms with van der Waals surface area (Å²) in [4.78, 5) is 13.6. The molecular formula is C16H26IN5S2. The van der Waals surface area contributed by atoms with Crippen molar-refractivity contribution in [2.75, 3.05) is 27.7 Å². The quantitative estimate of drug-likeness (QED) is 0.379. The summed E-state index contributed by atoms with van der Waals surface area (Å²) in [6, 6.07) is 4.61. The summed E-state index contributed by atoms with van der Waals surface area (Å²) in [7, 11) is 6.01. The summed E-state index contributed by atoms with van der Waals surface area (Å²) in [6.07, 6.45) is 0. The first kappa shape index (κ1) is 21.3. The maximum absolute atomic E-state index is 4.46. The van der Waals surface area contributed by atoms with E-state index in [1.807, 2.05) is 6.92 Å². The summed E-state index contributed by atoms with van der Waals surface area (Å²) in [5.41, 5.74) is 1.10. The molecule has 0 aliphatic heterocycles. The first-order chi connectivity index (χ1) is 11.0. The number of thiazole rings is 1. The van der Waals surface area contributed by atoms with Crippen molar-refractivity contribution < 1.29 is 0 Å². The molecule has 1 atom stereocenters. The highest BCUT2D eigenvalue weighted by atomic mass is 127. The van der Waals surface area contributed by atoms with Gasteiger partial charge in [-0.15, -0.1) is 46.7 Å². The number of nitrogens with zero attached hydrogens (tertiary/aromatic N) is 3. The molecule has 0 fully saturated rings. The summed E-state index contributed by atoms with van der Waals surface area (Å²) >= 11 is 3.52. The molecule has 2 aromatic rings. The van der Waals surface area contributed by atoms with Gasteiger partial charge >= 0.3 is 0 Å². The van der Waals surface area contributed by atoms with E-state index in [4.69, 9.17) is 0 Å². The van der Waals surface area contributed by atoms with E-state index >= 15 is 0 Å². The average Bonchev–Trinajstić information content (AvgIpc) is 3.12. The molecule has 1 unspecified atom stereocenters. The van der Waals surface area contributed by atoms with Gasteiger partial charge in [-0.1, -0.05) is 6.07 Å². The number of aryl methyl sites for hydroxylation is 2. The van der Waals surface area contributed by atoms with Crippen LogP contribution in [0.4, 0.5) is 0 Å². The van der Waals surface area contributed by atoms with Gasteiger partial charge in [0.05, 0.1) is 23.3 Å². The molecule has 0 spiro atoms. The molecule has 2 N–H and O–H groups in total. The monoisotopic (exact) mass is 479 g/mol. The first-order valence-electron chi connectivity index (χ1n) is 7.58. The number of nitrogens with one attached hydrogen (secondary N) is 2. The van der Waals surface area contributed by atoms with Crippen LogP contribution >= 0.6 is 46.7 Å². The third-order valence-corrected chi connectivity index (χ3v) is 5.64. The van der Waals surface area contributed by atoms with Gasteiger partial charge in [0.1, 0.15) is 0 Å². The lowest BCUT2D eigenvalue weighted by Gasteiger charge is -2.24. The van der Waals surface area contributed by atoms with Crippen molar-refractivity contribution in [1.29, 1.82) is 0 Å². The third-order valence-electron chi connectivity index (χ3n) is 3.60. The fraction of sp³-hybridized carbons (Fsp3) is 0.500. The Morgan fingerprint density at radius 3 is 2.58 bits per heavy atom. The molecule has 134 valence electrons. The number of aromatic nitrogens is 1. The summed E-state index contributed by atoms with van der Waals surface area (Å²) in [5, 5.41) is 10.0. The molecular weight excluding hydrogens is 453 g/mol. The molecule has 2 rings (SSSR count). The molecule has 0 saturated heterocycles. The van der Waals surface area contributed by atoms with Crippen LogP contribution in [-0.2, 0) is 6.54 Å². The zero-order chi connectivity index (χ0) is 16.8. The van der Waals surface area contributed by atoms with Gasteiger partial charge in [0.15, 0.2) is 5.96 Å². The molecule has 0 amide bonds. The van der Waals surface area contributed by atoms with Gasteiger partial charge in [-0.05, 0) is 39.4 Å². The second kappa shape index (κ2) is 10.3. The van der Waals surface area contributed by atoms with Gasteiger partial charge in [0, 0.05) is 23.3 Å². The molecule has 2 aromatic heterocycles. The second-order valence-electron chi connectivity index (χ2n) is 5.54. The summed E-state index contributed by atoms with van der Waals surface area (Å²) in [5.74, 6) is 0.818. The van der Waals surface area contributed by atoms with Gasteiger partial charge in [-0.25, -0.2) is 4.98 Å². The van der Waals surface area contributed by atoms with Gasteiger partial charge in [-0.3, -0.25) is 4.99 Å². The number of thiophene rings is 1. The van der Waals surface area contributed by atoms with E-state index in [2.05, 4.69) is 64.0 Å². The Morgan fingerprint density at radius 1 is 1.33 bits per heavy atom. The number of guanidine groups is 1. The Bertz CT molecular complexity index is 637. The van der Waals surface area contributed by atoms with Crippen LogP contribution in [0.3, 0.4) is 0 Å². The smallest absolute Gasteiger partial charge is 0.191 e. The Balaban J connectivity index is 0.00000288. The SMILES string of the molecule is CN=C(NCc1sc(C)nc1C)NCC(c1cccs1)N(C)C.I. The van der Waals surface area contributed by atoms with Crippen molar-refractivity contribution in [1.82, 2.24) is 20.5 Å². The van der Waals surface area contributed by atoms with E-state index in [1.165, 1.54) is 9.75 Å². The predicted molar refractivity (Wildman–Crippen MR) is 116 cm³/mol. The zero-order valence-corrected chi connectivity index (χ0v) is 18.8. The molecule has 0 aliphatic carbocycles. The van der Waals surface area contributed by atoms with Crippen LogP contribution < -0.4 is 10.6 Å². The lowest BCUT2D eigenvalue weighted by Crippen LogP contribution is -2.41. The minimum atomic E-state index is 0. The van der Waals surface area contributed by atoms with Gasteiger partial charge in [0.25, 0.3) is 0 Å². The Hall–Kier alpha value is -0.710. The lowest BCUT2D eigenvalue weighted by molar-refractivity contribution is 0.302. The highest BCUT2D eigenvalue weighted by molar-refractivity contribution is 14.0. The molecule has 0 bridgehead atoms. The number of likely N-dealkylation sites (N-methyl/N-ethyl adjacent to an activating group) is 1. The largest absolute Gasteiger partial charge is 0.354 e. The molecule has 0 radical (unpaired) electrons. The van der Waals surface area contributed by atoms with Crippen molar-refractivity contribution in [3.8, 4) is 0 Å². The van der Waals surface area contributed by atoms with Crippen LogP contribution in [0.15, 0.2) is 22.5 Å². The fourth-order valence-electron chi connectivity index (χ4n) is 2.33. The molecule has 8 heteroatoms. The summed E-state index contributed by atoms with van der Waals surface area (Å²) in [6.45, 7) is 5.66. The molecule has 0 aliphatic rings. The Labute approximate surface area is 169 Å². The highest BCUT2D eigenvalue weighted by Crippen LogP contribution is 2.22. The van der Waals surface area contributed by atoms with E-state index in [1.54, 1.807) is 29.7 Å². The van der Waals surface area contributed by atoms with Crippen LogP contribution in [0.5, 0.6) is 0 Å². The number of aliphatic imine (C=N–C) groups is 1. The van der Waals surface area contributed by atoms with E-state index in [9.17, 15) is 0 Å². The van der Waals surface area contributed by atoms with Crippen molar-refractivity contribution >= 4 is 52.6 Å². The Morgan fingerprint density at radius 2 is 2.08 bits per heavy atom. The molecule has 5 nitrogen and oxygen atoms in total. The number of halogens is 1. The van der Waals surface area contributed by atoms with Crippen LogP contribution in [0.25, 0.3) is 0 Å². The lowest BCUT2D eigenvalue weighted by atomic mass is 10.2. The minimum Gasteiger partial charge on any atom is -0.354 e. The van der Waals surface area contributed by atoms with E-state index in [0.29, 0.717) is 6.04 Å². The third kappa shape index (κ3) is 5.98. The predicted octanol–water partition coefficient (Wildman–Crippen LogP) is 3.41. The maximum atomic E-state index is 4.46. The zero-order valence-electron chi connectivity index (χ0n) is 14.8.